The molecule has 0 radical (unpaired) electrons. The van der Waals surface area contributed by atoms with Crippen LogP contribution < -0.4 is 10.6 Å². The van der Waals surface area contributed by atoms with Gasteiger partial charge in [0.15, 0.2) is 0 Å². The maximum absolute atomic E-state index is 11.8. The summed E-state index contributed by atoms with van der Waals surface area (Å²) in [5, 5.41) is 15.8. The van der Waals surface area contributed by atoms with Gasteiger partial charge in [0.05, 0.1) is 18.8 Å². The van der Waals surface area contributed by atoms with Crippen molar-refractivity contribution in [3.8, 4) is 0 Å². The summed E-state index contributed by atoms with van der Waals surface area (Å²) in [5.41, 5.74) is 0. The highest BCUT2D eigenvalue weighted by molar-refractivity contribution is 7.99. The van der Waals surface area contributed by atoms with Gasteiger partial charge in [0.1, 0.15) is 0 Å². The molecule has 0 aliphatic rings. The maximum Gasteiger partial charge on any atom is 0.407 e. The molecule has 0 aliphatic carbocycles. The fourth-order valence-corrected chi connectivity index (χ4v) is 2.83. The van der Waals surface area contributed by atoms with E-state index in [-0.39, 0.29) is 6.04 Å². The van der Waals surface area contributed by atoms with Crippen LogP contribution in [-0.4, -0.2) is 49.3 Å². The number of likely N-dealkylation sites (N-methyl/N-ethyl adjacent to an activating group) is 1. The molecule has 22 heavy (non-hydrogen) atoms. The van der Waals surface area contributed by atoms with E-state index in [2.05, 4.69) is 10.6 Å². The van der Waals surface area contributed by atoms with Crippen LogP contribution in [0, 0.1) is 0 Å². The number of aliphatic hydroxyl groups is 1. The normalized spacial score (nSPS) is 13.4. The van der Waals surface area contributed by atoms with Crippen LogP contribution in [0.4, 0.5) is 4.79 Å². The van der Waals surface area contributed by atoms with Gasteiger partial charge in [-0.15, -0.1) is 11.8 Å². The van der Waals surface area contributed by atoms with Crippen molar-refractivity contribution in [2.24, 2.45) is 0 Å². The van der Waals surface area contributed by atoms with Crippen molar-refractivity contribution in [1.29, 1.82) is 0 Å². The van der Waals surface area contributed by atoms with E-state index in [1.807, 2.05) is 37.3 Å². The molecule has 5 nitrogen and oxygen atoms in total. The first-order chi connectivity index (χ1) is 10.7. The SMILES string of the molecule is CCCCOC(=O)N[C@@H](CSc1ccccc1)[C@H](O)CNC. The molecule has 1 amide bonds. The average molecular weight is 326 g/mol. The zero-order valence-corrected chi connectivity index (χ0v) is 14.1. The van der Waals surface area contributed by atoms with E-state index in [4.69, 9.17) is 4.74 Å². The van der Waals surface area contributed by atoms with E-state index in [0.29, 0.717) is 18.9 Å². The van der Waals surface area contributed by atoms with Crippen LogP contribution >= 0.6 is 11.8 Å². The first-order valence-corrected chi connectivity index (χ1v) is 8.59. The smallest absolute Gasteiger partial charge is 0.407 e. The van der Waals surface area contributed by atoms with Crippen molar-refractivity contribution < 1.29 is 14.6 Å². The van der Waals surface area contributed by atoms with Gasteiger partial charge in [-0.05, 0) is 25.6 Å². The van der Waals surface area contributed by atoms with Gasteiger partial charge >= 0.3 is 6.09 Å². The van der Waals surface area contributed by atoms with Crippen molar-refractivity contribution >= 4 is 17.9 Å². The largest absolute Gasteiger partial charge is 0.450 e. The van der Waals surface area contributed by atoms with Gasteiger partial charge in [-0.2, -0.15) is 0 Å². The van der Waals surface area contributed by atoms with Crippen LogP contribution in [0.3, 0.4) is 0 Å². The van der Waals surface area contributed by atoms with E-state index in [9.17, 15) is 9.90 Å². The summed E-state index contributed by atoms with van der Waals surface area (Å²) in [6.45, 7) is 2.86. The predicted octanol–water partition coefficient (Wildman–Crippen LogP) is 2.25. The lowest BCUT2D eigenvalue weighted by Crippen LogP contribution is -2.48. The number of benzene rings is 1. The second kappa shape index (κ2) is 11.3. The van der Waals surface area contributed by atoms with E-state index in [1.165, 1.54) is 0 Å². The van der Waals surface area contributed by atoms with Gasteiger partial charge in [-0.3, -0.25) is 0 Å². The molecule has 0 unspecified atom stereocenters. The van der Waals surface area contributed by atoms with Gasteiger partial charge in [-0.25, -0.2) is 4.79 Å². The molecule has 0 saturated carbocycles. The summed E-state index contributed by atoms with van der Waals surface area (Å²) in [6, 6.07) is 9.53. The third-order valence-corrected chi connectivity index (χ3v) is 4.22. The number of thioether (sulfide) groups is 1. The summed E-state index contributed by atoms with van der Waals surface area (Å²) in [7, 11) is 1.77. The lowest BCUT2D eigenvalue weighted by atomic mass is 10.2. The number of aliphatic hydroxyl groups excluding tert-OH is 1. The minimum atomic E-state index is -0.667. The number of ether oxygens (including phenoxy) is 1. The predicted molar refractivity (Wildman–Crippen MR) is 90.3 cm³/mol. The molecule has 0 bridgehead atoms. The molecule has 3 N–H and O–H groups in total. The number of amides is 1. The molecule has 0 aromatic heterocycles. The Kier molecular flexibility index (Phi) is 9.70. The standard InChI is InChI=1S/C16H26N2O3S/c1-3-4-10-21-16(20)18-14(15(19)11-17-2)12-22-13-8-6-5-7-9-13/h5-9,14-15,17,19H,3-4,10-12H2,1-2H3,(H,18,20)/t14-,15+/m0/s1. The quantitative estimate of drug-likeness (QED) is 0.454. The maximum atomic E-state index is 11.8. The molecule has 1 aromatic rings. The summed E-state index contributed by atoms with van der Waals surface area (Å²) in [5.74, 6) is 0.579. The van der Waals surface area contributed by atoms with Gasteiger partial charge < -0.3 is 20.5 Å². The second-order valence-electron chi connectivity index (χ2n) is 4.99. The highest BCUT2D eigenvalue weighted by Crippen LogP contribution is 2.19. The van der Waals surface area contributed by atoms with Crippen LogP contribution in [0.25, 0.3) is 0 Å². The molecule has 1 rings (SSSR count). The fourth-order valence-electron chi connectivity index (χ4n) is 1.81. The first-order valence-electron chi connectivity index (χ1n) is 7.61. The Bertz CT molecular complexity index is 417. The fraction of sp³-hybridized carbons (Fsp3) is 0.562. The van der Waals surface area contributed by atoms with Crippen LogP contribution in [0.1, 0.15) is 19.8 Å². The van der Waals surface area contributed by atoms with Gasteiger partial charge in [0.25, 0.3) is 0 Å². The number of unbranched alkanes of at least 4 members (excludes halogenated alkanes) is 1. The molecule has 1 aromatic carbocycles. The topological polar surface area (TPSA) is 70.6 Å². The Hall–Kier alpha value is -1.24. The molecule has 6 heteroatoms. The van der Waals surface area contributed by atoms with Crippen LogP contribution in [0.5, 0.6) is 0 Å². The lowest BCUT2D eigenvalue weighted by Gasteiger charge is -2.23. The molecule has 0 spiro atoms. The van der Waals surface area contributed by atoms with Crippen molar-refractivity contribution in [3.05, 3.63) is 30.3 Å². The van der Waals surface area contributed by atoms with Crippen molar-refractivity contribution in [3.63, 3.8) is 0 Å². The summed E-state index contributed by atoms with van der Waals surface area (Å²) >= 11 is 1.59. The van der Waals surface area contributed by atoms with E-state index in [1.54, 1.807) is 18.8 Å². The van der Waals surface area contributed by atoms with Gasteiger partial charge in [-0.1, -0.05) is 31.5 Å². The monoisotopic (exact) mass is 326 g/mol. The number of alkyl carbamates (subject to hydrolysis) is 1. The Labute approximate surface area is 136 Å². The Morgan fingerprint density at radius 3 is 2.73 bits per heavy atom. The summed E-state index contributed by atoms with van der Waals surface area (Å²) in [4.78, 5) is 12.9. The second-order valence-corrected chi connectivity index (χ2v) is 6.08. The van der Waals surface area contributed by atoms with Crippen LogP contribution in [0.2, 0.25) is 0 Å². The zero-order valence-electron chi connectivity index (χ0n) is 13.2. The number of nitrogens with one attached hydrogen (secondary N) is 2. The van der Waals surface area contributed by atoms with Gasteiger partial charge in [0.2, 0.25) is 0 Å². The number of carbonyl (C=O) groups is 1. The number of carbonyl (C=O) groups excluding carboxylic acids is 1. The number of hydrogen-bond acceptors (Lipinski definition) is 5. The minimum Gasteiger partial charge on any atom is -0.450 e. The average Bonchev–Trinajstić information content (AvgIpc) is 2.53. The molecule has 0 saturated heterocycles. The Morgan fingerprint density at radius 1 is 1.36 bits per heavy atom. The summed E-state index contributed by atoms with van der Waals surface area (Å²) in [6.07, 6.45) is 0.681. The van der Waals surface area contributed by atoms with Crippen LogP contribution in [0.15, 0.2) is 35.2 Å². The molecular formula is C16H26N2O3S. The third-order valence-electron chi connectivity index (χ3n) is 3.08. The van der Waals surface area contributed by atoms with E-state index >= 15 is 0 Å². The Balaban J connectivity index is 2.50. The van der Waals surface area contributed by atoms with Crippen molar-refractivity contribution in [2.75, 3.05) is 26.0 Å². The zero-order chi connectivity index (χ0) is 16.2. The third kappa shape index (κ3) is 7.68. The molecular weight excluding hydrogens is 300 g/mol. The highest BCUT2D eigenvalue weighted by atomic mass is 32.2. The highest BCUT2D eigenvalue weighted by Gasteiger charge is 2.21. The van der Waals surface area contributed by atoms with E-state index < -0.39 is 12.2 Å². The molecule has 0 aliphatic heterocycles. The van der Waals surface area contributed by atoms with Crippen molar-refractivity contribution in [2.45, 2.75) is 36.8 Å². The Morgan fingerprint density at radius 2 is 2.09 bits per heavy atom. The van der Waals surface area contributed by atoms with E-state index in [0.717, 1.165) is 17.7 Å². The van der Waals surface area contributed by atoms with Gasteiger partial charge in [0, 0.05) is 17.2 Å². The van der Waals surface area contributed by atoms with Crippen LogP contribution in [-0.2, 0) is 4.74 Å². The number of rotatable bonds is 10. The molecule has 124 valence electrons. The number of hydrogen-bond donors (Lipinski definition) is 3. The van der Waals surface area contributed by atoms with Crippen molar-refractivity contribution in [1.82, 2.24) is 10.6 Å². The molecule has 0 fully saturated rings. The molecule has 2 atom stereocenters. The lowest BCUT2D eigenvalue weighted by molar-refractivity contribution is 0.110. The molecule has 0 heterocycles. The first kappa shape index (κ1) is 18.8. The minimum absolute atomic E-state index is 0.369. The summed E-state index contributed by atoms with van der Waals surface area (Å²) < 4.78 is 5.10.